The molecule has 0 bridgehead atoms. The van der Waals surface area contributed by atoms with Gasteiger partial charge in [0.15, 0.2) is 0 Å². The molecule has 2 aromatic carbocycles. The van der Waals surface area contributed by atoms with Gasteiger partial charge < -0.3 is 10.3 Å². The molecule has 8 heteroatoms. The van der Waals surface area contributed by atoms with Crippen molar-refractivity contribution in [2.24, 2.45) is 0 Å². The van der Waals surface area contributed by atoms with Crippen LogP contribution in [-0.4, -0.2) is 15.5 Å². The fourth-order valence-corrected chi connectivity index (χ4v) is 2.55. The molecule has 1 aromatic heterocycles. The molecular formula is C18H13ClFN3O3. The van der Waals surface area contributed by atoms with E-state index in [1.807, 2.05) is 0 Å². The van der Waals surface area contributed by atoms with Crippen LogP contribution < -0.4 is 16.6 Å². The van der Waals surface area contributed by atoms with E-state index in [9.17, 15) is 18.8 Å². The Balaban J connectivity index is 1.96. The summed E-state index contributed by atoms with van der Waals surface area (Å²) in [7, 11) is 0. The summed E-state index contributed by atoms with van der Waals surface area (Å²) in [5.74, 6) is -1.29. The van der Waals surface area contributed by atoms with Gasteiger partial charge in [-0.15, -0.1) is 0 Å². The Morgan fingerprint density at radius 1 is 1.12 bits per heavy atom. The fourth-order valence-electron chi connectivity index (χ4n) is 2.37. The van der Waals surface area contributed by atoms with Crippen LogP contribution in [0, 0.1) is 5.82 Å². The van der Waals surface area contributed by atoms with Crippen molar-refractivity contribution in [2.75, 3.05) is 5.32 Å². The number of carbonyl (C=O) groups is 1. The Kier molecular flexibility index (Phi) is 4.99. The molecule has 0 fully saturated rings. The summed E-state index contributed by atoms with van der Waals surface area (Å²) in [5.41, 5.74) is -1.39. The largest absolute Gasteiger partial charge is 0.328 e. The lowest BCUT2D eigenvalue weighted by Gasteiger charge is -2.09. The molecule has 1 heterocycles. The van der Waals surface area contributed by atoms with E-state index in [0.717, 1.165) is 10.8 Å². The lowest BCUT2D eigenvalue weighted by Crippen LogP contribution is -2.39. The summed E-state index contributed by atoms with van der Waals surface area (Å²) in [4.78, 5) is 39.2. The van der Waals surface area contributed by atoms with Crippen LogP contribution in [0.2, 0.25) is 5.02 Å². The first-order valence-electron chi connectivity index (χ1n) is 7.59. The highest BCUT2D eigenvalue weighted by Gasteiger charge is 2.16. The Labute approximate surface area is 151 Å². The number of hydrogen-bond donors (Lipinski definition) is 2. The van der Waals surface area contributed by atoms with Gasteiger partial charge in [0.2, 0.25) is 0 Å². The van der Waals surface area contributed by atoms with Crippen LogP contribution in [0.25, 0.3) is 0 Å². The highest BCUT2D eigenvalue weighted by atomic mass is 35.5. The Hall–Kier alpha value is -3.19. The molecule has 0 radical (unpaired) electrons. The quantitative estimate of drug-likeness (QED) is 0.737. The second-order valence-electron chi connectivity index (χ2n) is 5.42. The molecule has 1 amide bonds. The first-order valence-corrected chi connectivity index (χ1v) is 7.97. The number of amides is 1. The molecule has 0 aliphatic carbocycles. The SMILES string of the molecule is O=C(Nc1ccccc1Cl)c1c[nH]c(=O)n(Cc2ccccc2F)c1=O. The van der Waals surface area contributed by atoms with Gasteiger partial charge in [0, 0.05) is 11.8 Å². The standard InChI is InChI=1S/C18H13ClFN3O3/c19-13-6-2-4-8-15(13)22-16(24)12-9-21-18(26)23(17(12)25)10-11-5-1-3-7-14(11)20/h1-9H,10H2,(H,21,26)(H,22,24). The monoisotopic (exact) mass is 373 g/mol. The molecule has 0 saturated carbocycles. The molecule has 0 aliphatic heterocycles. The summed E-state index contributed by atoms with van der Waals surface area (Å²) in [5, 5.41) is 2.81. The van der Waals surface area contributed by atoms with E-state index in [1.165, 1.54) is 18.2 Å². The molecule has 0 aliphatic rings. The molecule has 2 N–H and O–H groups in total. The predicted molar refractivity (Wildman–Crippen MR) is 96.2 cm³/mol. The Morgan fingerprint density at radius 3 is 2.54 bits per heavy atom. The van der Waals surface area contributed by atoms with Gasteiger partial charge in [-0.3, -0.25) is 14.2 Å². The van der Waals surface area contributed by atoms with Gasteiger partial charge in [-0.1, -0.05) is 41.9 Å². The van der Waals surface area contributed by atoms with Gasteiger partial charge in [0.25, 0.3) is 11.5 Å². The zero-order chi connectivity index (χ0) is 18.7. The summed E-state index contributed by atoms with van der Waals surface area (Å²) >= 11 is 5.98. The number of nitrogens with zero attached hydrogens (tertiary/aromatic N) is 1. The molecule has 3 aromatic rings. The van der Waals surface area contributed by atoms with Gasteiger partial charge in [0.1, 0.15) is 11.4 Å². The summed E-state index contributed by atoms with van der Waals surface area (Å²) < 4.78 is 14.6. The lowest BCUT2D eigenvalue weighted by atomic mass is 10.2. The molecular weight excluding hydrogens is 361 g/mol. The van der Waals surface area contributed by atoms with Crippen LogP contribution in [0.1, 0.15) is 15.9 Å². The molecule has 6 nitrogen and oxygen atoms in total. The maximum Gasteiger partial charge on any atom is 0.328 e. The molecule has 0 saturated heterocycles. The second kappa shape index (κ2) is 7.37. The third-order valence-corrected chi connectivity index (χ3v) is 4.04. The minimum atomic E-state index is -0.832. The van der Waals surface area contributed by atoms with E-state index in [0.29, 0.717) is 10.7 Å². The fraction of sp³-hybridized carbons (Fsp3) is 0.0556. The van der Waals surface area contributed by atoms with E-state index in [2.05, 4.69) is 10.3 Å². The van der Waals surface area contributed by atoms with Gasteiger partial charge in [0.05, 0.1) is 17.3 Å². The number of H-pyrrole nitrogens is 1. The predicted octanol–water partition coefficient (Wildman–Crippen LogP) is 2.63. The van der Waals surface area contributed by atoms with E-state index >= 15 is 0 Å². The van der Waals surface area contributed by atoms with E-state index in [1.54, 1.807) is 30.3 Å². The first kappa shape index (κ1) is 17.6. The van der Waals surface area contributed by atoms with Crippen molar-refractivity contribution in [2.45, 2.75) is 6.54 Å². The number of hydrogen-bond acceptors (Lipinski definition) is 3. The minimum absolute atomic E-state index is 0.156. The smallest absolute Gasteiger partial charge is 0.320 e. The zero-order valence-electron chi connectivity index (χ0n) is 13.3. The lowest BCUT2D eigenvalue weighted by molar-refractivity contribution is 0.102. The van der Waals surface area contributed by atoms with E-state index in [4.69, 9.17) is 11.6 Å². The number of para-hydroxylation sites is 1. The maximum absolute atomic E-state index is 13.8. The summed E-state index contributed by atoms with van der Waals surface area (Å²) in [6.07, 6.45) is 1.02. The number of halogens is 2. The number of aromatic nitrogens is 2. The highest BCUT2D eigenvalue weighted by molar-refractivity contribution is 6.33. The minimum Gasteiger partial charge on any atom is -0.320 e. The normalized spacial score (nSPS) is 10.5. The van der Waals surface area contributed by atoms with Crippen molar-refractivity contribution in [1.82, 2.24) is 9.55 Å². The Morgan fingerprint density at radius 2 is 1.81 bits per heavy atom. The van der Waals surface area contributed by atoms with Gasteiger partial charge in [-0.05, 0) is 18.2 Å². The highest BCUT2D eigenvalue weighted by Crippen LogP contribution is 2.20. The van der Waals surface area contributed by atoms with Crippen molar-refractivity contribution >= 4 is 23.2 Å². The number of carbonyl (C=O) groups excluding carboxylic acids is 1. The average molecular weight is 374 g/mol. The number of aromatic amines is 1. The van der Waals surface area contributed by atoms with Crippen LogP contribution >= 0.6 is 11.6 Å². The maximum atomic E-state index is 13.8. The number of benzene rings is 2. The first-order chi connectivity index (χ1) is 12.5. The molecule has 132 valence electrons. The van der Waals surface area contributed by atoms with Crippen LogP contribution in [0.5, 0.6) is 0 Å². The van der Waals surface area contributed by atoms with Crippen molar-refractivity contribution < 1.29 is 9.18 Å². The molecule has 3 rings (SSSR count). The second-order valence-corrected chi connectivity index (χ2v) is 5.83. The topological polar surface area (TPSA) is 84.0 Å². The number of rotatable bonds is 4. The van der Waals surface area contributed by atoms with Crippen molar-refractivity contribution in [3.63, 3.8) is 0 Å². The number of nitrogens with one attached hydrogen (secondary N) is 2. The average Bonchev–Trinajstić information content (AvgIpc) is 2.62. The number of anilines is 1. The van der Waals surface area contributed by atoms with Crippen molar-refractivity contribution in [3.05, 3.63) is 97.5 Å². The molecule has 0 unspecified atom stereocenters. The van der Waals surface area contributed by atoms with E-state index < -0.39 is 23.0 Å². The molecule has 26 heavy (non-hydrogen) atoms. The van der Waals surface area contributed by atoms with E-state index in [-0.39, 0.29) is 17.7 Å². The third-order valence-electron chi connectivity index (χ3n) is 3.71. The molecule has 0 atom stereocenters. The van der Waals surface area contributed by atoms with Crippen LogP contribution in [0.4, 0.5) is 10.1 Å². The van der Waals surface area contributed by atoms with Crippen LogP contribution in [0.3, 0.4) is 0 Å². The summed E-state index contributed by atoms with van der Waals surface area (Å²) in [6, 6.07) is 12.3. The summed E-state index contributed by atoms with van der Waals surface area (Å²) in [6.45, 7) is -0.298. The molecule has 0 spiro atoms. The third kappa shape index (κ3) is 3.57. The Bertz CT molecular complexity index is 1090. The van der Waals surface area contributed by atoms with Crippen molar-refractivity contribution in [1.29, 1.82) is 0 Å². The van der Waals surface area contributed by atoms with Gasteiger partial charge >= 0.3 is 5.69 Å². The van der Waals surface area contributed by atoms with Crippen molar-refractivity contribution in [3.8, 4) is 0 Å². The zero-order valence-corrected chi connectivity index (χ0v) is 14.1. The van der Waals surface area contributed by atoms with Crippen LogP contribution in [0.15, 0.2) is 64.3 Å². The van der Waals surface area contributed by atoms with Crippen LogP contribution in [-0.2, 0) is 6.54 Å². The van der Waals surface area contributed by atoms with Gasteiger partial charge in [-0.2, -0.15) is 0 Å². The van der Waals surface area contributed by atoms with Gasteiger partial charge in [-0.25, -0.2) is 9.18 Å².